The van der Waals surface area contributed by atoms with Gasteiger partial charge in [-0.05, 0) is 25.0 Å². The molecule has 0 atom stereocenters. The van der Waals surface area contributed by atoms with Crippen molar-refractivity contribution in [3.05, 3.63) is 32.8 Å². The molecule has 2 rings (SSSR count). The van der Waals surface area contributed by atoms with Crippen molar-refractivity contribution in [2.45, 2.75) is 37.7 Å². The van der Waals surface area contributed by atoms with E-state index in [1.807, 2.05) is 0 Å². The number of nitro groups is 1. The van der Waals surface area contributed by atoms with Crippen molar-refractivity contribution in [1.29, 1.82) is 0 Å². The highest BCUT2D eigenvalue weighted by Crippen LogP contribution is 2.31. The van der Waals surface area contributed by atoms with Crippen LogP contribution in [0.25, 0.3) is 0 Å². The quantitative estimate of drug-likeness (QED) is 0.655. The van der Waals surface area contributed by atoms with Crippen LogP contribution in [0.2, 0.25) is 0 Å². The fraction of sp³-hybridized carbons (Fsp3) is 0.538. The Morgan fingerprint density at radius 1 is 1.37 bits per heavy atom. The number of hydrogen-bond acceptors (Lipinski definition) is 4. The van der Waals surface area contributed by atoms with Gasteiger partial charge in [-0.15, -0.1) is 0 Å². The Hall–Kier alpha value is -1.14. The van der Waals surface area contributed by atoms with Crippen molar-refractivity contribution < 1.29 is 10.0 Å². The summed E-state index contributed by atoms with van der Waals surface area (Å²) >= 11 is 3.22. The second-order valence-electron chi connectivity index (χ2n) is 5.06. The molecule has 1 saturated carbocycles. The predicted octanol–water partition coefficient (Wildman–Crippen LogP) is 3.46. The number of nitrogens with one attached hydrogen (secondary N) is 1. The number of nitrogens with zero attached hydrogens (tertiary/aromatic N) is 1. The molecule has 1 aromatic rings. The monoisotopic (exact) mass is 328 g/mol. The van der Waals surface area contributed by atoms with Crippen LogP contribution < -0.4 is 5.32 Å². The van der Waals surface area contributed by atoms with Crippen LogP contribution in [-0.4, -0.2) is 22.2 Å². The van der Waals surface area contributed by atoms with Crippen molar-refractivity contribution in [3.63, 3.8) is 0 Å². The molecule has 0 aliphatic heterocycles. The summed E-state index contributed by atoms with van der Waals surface area (Å²) in [5.74, 6) is 0. The first-order valence-corrected chi connectivity index (χ1v) is 7.20. The fourth-order valence-corrected chi connectivity index (χ4v) is 2.80. The van der Waals surface area contributed by atoms with Crippen LogP contribution in [0.5, 0.6) is 0 Å². The largest absolute Gasteiger partial charge is 0.388 e. The summed E-state index contributed by atoms with van der Waals surface area (Å²) in [5, 5.41) is 24.4. The minimum Gasteiger partial charge on any atom is -0.388 e. The Morgan fingerprint density at radius 3 is 2.68 bits per heavy atom. The van der Waals surface area contributed by atoms with E-state index >= 15 is 0 Å². The SMILES string of the molecule is O=[N+]([O-])c1cc(Br)ccc1NCC1(O)CCCCC1. The number of hydrogen-bond donors (Lipinski definition) is 2. The zero-order valence-corrected chi connectivity index (χ0v) is 12.1. The number of halogens is 1. The highest BCUT2D eigenvalue weighted by atomic mass is 79.9. The van der Waals surface area contributed by atoms with Crippen LogP contribution in [0.3, 0.4) is 0 Å². The Morgan fingerprint density at radius 2 is 2.05 bits per heavy atom. The van der Waals surface area contributed by atoms with E-state index in [9.17, 15) is 15.2 Å². The summed E-state index contributed by atoms with van der Waals surface area (Å²) in [4.78, 5) is 10.6. The fourth-order valence-electron chi connectivity index (χ4n) is 2.45. The van der Waals surface area contributed by atoms with Gasteiger partial charge in [-0.1, -0.05) is 35.2 Å². The number of benzene rings is 1. The lowest BCUT2D eigenvalue weighted by Gasteiger charge is -2.32. The van der Waals surface area contributed by atoms with Gasteiger partial charge in [-0.25, -0.2) is 0 Å². The summed E-state index contributed by atoms with van der Waals surface area (Å²) < 4.78 is 0.668. The lowest BCUT2D eigenvalue weighted by Crippen LogP contribution is -2.38. The topological polar surface area (TPSA) is 75.4 Å². The Bertz CT molecular complexity index is 473. The summed E-state index contributed by atoms with van der Waals surface area (Å²) in [6, 6.07) is 4.88. The van der Waals surface area contributed by atoms with Crippen LogP contribution in [0.15, 0.2) is 22.7 Å². The minimum atomic E-state index is -0.737. The molecule has 5 nitrogen and oxygen atoms in total. The third-order valence-corrected chi connectivity index (χ3v) is 4.04. The molecule has 1 aliphatic rings. The van der Waals surface area contributed by atoms with Gasteiger partial charge in [-0.2, -0.15) is 0 Å². The van der Waals surface area contributed by atoms with Gasteiger partial charge in [-0.3, -0.25) is 10.1 Å². The molecular weight excluding hydrogens is 312 g/mol. The van der Waals surface area contributed by atoms with E-state index in [4.69, 9.17) is 0 Å². The van der Waals surface area contributed by atoms with Crippen molar-refractivity contribution in [3.8, 4) is 0 Å². The zero-order chi connectivity index (χ0) is 13.9. The van der Waals surface area contributed by atoms with E-state index in [1.165, 1.54) is 6.07 Å². The molecule has 1 fully saturated rings. The van der Waals surface area contributed by atoms with E-state index < -0.39 is 10.5 Å². The van der Waals surface area contributed by atoms with Crippen molar-refractivity contribution in [1.82, 2.24) is 0 Å². The van der Waals surface area contributed by atoms with Gasteiger partial charge in [0.05, 0.1) is 10.5 Å². The Balaban J connectivity index is 2.08. The van der Waals surface area contributed by atoms with Crippen molar-refractivity contribution >= 4 is 27.3 Å². The molecule has 0 spiro atoms. The number of rotatable bonds is 4. The molecule has 0 unspecified atom stereocenters. The number of nitro benzene ring substituents is 1. The molecule has 0 radical (unpaired) electrons. The van der Waals surface area contributed by atoms with Gasteiger partial charge in [0.15, 0.2) is 0 Å². The third kappa shape index (κ3) is 3.67. The van der Waals surface area contributed by atoms with Gasteiger partial charge in [0.1, 0.15) is 5.69 Å². The summed E-state index contributed by atoms with van der Waals surface area (Å²) in [7, 11) is 0. The molecule has 2 N–H and O–H groups in total. The molecule has 0 saturated heterocycles. The maximum absolute atomic E-state index is 11.0. The Labute approximate surface area is 120 Å². The minimum absolute atomic E-state index is 0.0220. The molecule has 19 heavy (non-hydrogen) atoms. The van der Waals surface area contributed by atoms with E-state index in [2.05, 4.69) is 21.2 Å². The highest BCUT2D eigenvalue weighted by molar-refractivity contribution is 9.10. The molecule has 6 heteroatoms. The zero-order valence-electron chi connectivity index (χ0n) is 10.6. The van der Waals surface area contributed by atoms with Crippen molar-refractivity contribution in [2.24, 2.45) is 0 Å². The van der Waals surface area contributed by atoms with Crippen LogP contribution >= 0.6 is 15.9 Å². The first-order chi connectivity index (χ1) is 9.00. The molecule has 104 valence electrons. The van der Waals surface area contributed by atoms with Crippen LogP contribution in [0.4, 0.5) is 11.4 Å². The average Bonchev–Trinajstić information content (AvgIpc) is 2.38. The predicted molar refractivity (Wildman–Crippen MR) is 77.3 cm³/mol. The number of anilines is 1. The Kier molecular flexibility index (Phi) is 4.42. The van der Waals surface area contributed by atoms with E-state index in [0.29, 0.717) is 16.7 Å². The lowest BCUT2D eigenvalue weighted by atomic mass is 9.85. The average molecular weight is 329 g/mol. The van der Waals surface area contributed by atoms with Gasteiger partial charge in [0.25, 0.3) is 5.69 Å². The maximum Gasteiger partial charge on any atom is 0.293 e. The standard InChI is InChI=1S/C13H17BrN2O3/c14-10-4-5-11(12(8-10)16(18)19)15-9-13(17)6-2-1-3-7-13/h4-5,8,15,17H,1-3,6-7,9H2. The third-order valence-electron chi connectivity index (χ3n) is 3.55. The van der Waals surface area contributed by atoms with Gasteiger partial charge in [0, 0.05) is 17.1 Å². The molecule has 1 aromatic carbocycles. The summed E-state index contributed by atoms with van der Waals surface area (Å²) in [6.07, 6.45) is 4.69. The number of aliphatic hydroxyl groups is 1. The molecule has 0 amide bonds. The van der Waals surface area contributed by atoms with Gasteiger partial charge < -0.3 is 10.4 Å². The van der Waals surface area contributed by atoms with E-state index in [1.54, 1.807) is 12.1 Å². The van der Waals surface area contributed by atoms with Gasteiger partial charge >= 0.3 is 0 Å². The molecule has 0 bridgehead atoms. The van der Waals surface area contributed by atoms with E-state index in [-0.39, 0.29) is 5.69 Å². The highest BCUT2D eigenvalue weighted by Gasteiger charge is 2.29. The summed E-state index contributed by atoms with van der Waals surface area (Å²) in [6.45, 7) is 0.357. The normalized spacial score (nSPS) is 18.0. The van der Waals surface area contributed by atoms with Gasteiger partial charge in [0.2, 0.25) is 0 Å². The smallest absolute Gasteiger partial charge is 0.293 e. The van der Waals surface area contributed by atoms with Crippen molar-refractivity contribution in [2.75, 3.05) is 11.9 Å². The summed E-state index contributed by atoms with van der Waals surface area (Å²) in [5.41, 5.74) is -0.264. The molecule has 0 heterocycles. The van der Waals surface area contributed by atoms with Crippen LogP contribution in [-0.2, 0) is 0 Å². The first-order valence-electron chi connectivity index (χ1n) is 6.40. The lowest BCUT2D eigenvalue weighted by molar-refractivity contribution is -0.384. The molecule has 1 aliphatic carbocycles. The molecule has 0 aromatic heterocycles. The van der Waals surface area contributed by atoms with Crippen LogP contribution in [0, 0.1) is 10.1 Å². The van der Waals surface area contributed by atoms with E-state index in [0.717, 1.165) is 32.1 Å². The van der Waals surface area contributed by atoms with Crippen LogP contribution in [0.1, 0.15) is 32.1 Å². The maximum atomic E-state index is 11.0. The first kappa shape index (κ1) is 14.3. The second-order valence-corrected chi connectivity index (χ2v) is 5.97. The second kappa shape index (κ2) is 5.88. The molecular formula is C13H17BrN2O3.